The SMILES string of the molecule is N[C@](CC(=O)c1ccc2oc3ccccc3c2c1)(C(=O)O)C(=O)Cc1ccccc1. The molecule has 0 radical (unpaired) electrons. The number of carbonyl (C=O) groups excluding carboxylic acids is 2. The van der Waals surface area contributed by atoms with Gasteiger partial charge in [0.1, 0.15) is 11.2 Å². The van der Waals surface area contributed by atoms with Gasteiger partial charge in [0.05, 0.1) is 0 Å². The van der Waals surface area contributed by atoms with Crippen LogP contribution >= 0.6 is 0 Å². The van der Waals surface area contributed by atoms with Gasteiger partial charge in [0.15, 0.2) is 17.1 Å². The zero-order chi connectivity index (χ0) is 21.3. The molecule has 6 nitrogen and oxygen atoms in total. The number of carboxylic acids is 1. The third kappa shape index (κ3) is 3.49. The van der Waals surface area contributed by atoms with Crippen LogP contribution in [0, 0.1) is 0 Å². The van der Waals surface area contributed by atoms with Crippen LogP contribution in [0.5, 0.6) is 0 Å². The van der Waals surface area contributed by atoms with Crippen molar-refractivity contribution in [2.75, 3.05) is 0 Å². The predicted molar refractivity (Wildman–Crippen MR) is 112 cm³/mol. The van der Waals surface area contributed by atoms with Crippen molar-refractivity contribution in [1.82, 2.24) is 0 Å². The Morgan fingerprint density at radius 1 is 0.867 bits per heavy atom. The molecule has 3 N–H and O–H groups in total. The van der Waals surface area contributed by atoms with Gasteiger partial charge in [-0.25, -0.2) is 4.79 Å². The summed E-state index contributed by atoms with van der Waals surface area (Å²) < 4.78 is 5.75. The number of carboxylic acid groups (broad SMARTS) is 1. The average molecular weight is 401 g/mol. The van der Waals surface area contributed by atoms with Gasteiger partial charge < -0.3 is 15.3 Å². The minimum absolute atomic E-state index is 0.164. The van der Waals surface area contributed by atoms with E-state index in [9.17, 15) is 19.5 Å². The number of hydrogen-bond donors (Lipinski definition) is 2. The van der Waals surface area contributed by atoms with E-state index < -0.39 is 29.5 Å². The highest BCUT2D eigenvalue weighted by atomic mass is 16.4. The molecule has 0 aliphatic rings. The number of hydrogen-bond acceptors (Lipinski definition) is 5. The van der Waals surface area contributed by atoms with Gasteiger partial charge in [-0.3, -0.25) is 9.59 Å². The second kappa shape index (κ2) is 7.57. The van der Waals surface area contributed by atoms with Gasteiger partial charge in [-0.1, -0.05) is 48.5 Å². The zero-order valence-corrected chi connectivity index (χ0v) is 16.0. The topological polar surface area (TPSA) is 111 Å². The molecule has 4 aromatic rings. The molecule has 0 saturated carbocycles. The normalized spacial score (nSPS) is 13.2. The quantitative estimate of drug-likeness (QED) is 0.360. The highest BCUT2D eigenvalue weighted by Gasteiger charge is 2.43. The molecule has 30 heavy (non-hydrogen) atoms. The first kappa shape index (κ1) is 19.5. The maximum absolute atomic E-state index is 12.9. The van der Waals surface area contributed by atoms with Crippen LogP contribution < -0.4 is 5.73 Å². The minimum atomic E-state index is -2.31. The third-order valence-electron chi connectivity index (χ3n) is 5.22. The Balaban J connectivity index is 1.63. The first-order valence-corrected chi connectivity index (χ1v) is 9.42. The van der Waals surface area contributed by atoms with Crippen molar-refractivity contribution in [2.45, 2.75) is 18.4 Å². The molecule has 0 bridgehead atoms. The van der Waals surface area contributed by atoms with Crippen LogP contribution in [0.2, 0.25) is 0 Å². The molecule has 6 heteroatoms. The molecular weight excluding hydrogens is 382 g/mol. The van der Waals surface area contributed by atoms with E-state index >= 15 is 0 Å². The molecule has 0 aliphatic carbocycles. The molecule has 0 aliphatic heterocycles. The van der Waals surface area contributed by atoms with Gasteiger partial charge >= 0.3 is 5.97 Å². The Bertz CT molecular complexity index is 1270. The molecule has 0 unspecified atom stereocenters. The molecule has 3 aromatic carbocycles. The molecule has 4 rings (SSSR count). The summed E-state index contributed by atoms with van der Waals surface area (Å²) in [6.45, 7) is 0. The number of Topliss-reactive ketones (excluding diaryl/α,β-unsaturated/α-hetero) is 2. The second-order valence-corrected chi connectivity index (χ2v) is 7.27. The van der Waals surface area contributed by atoms with E-state index in [1.165, 1.54) is 0 Å². The largest absolute Gasteiger partial charge is 0.480 e. The van der Waals surface area contributed by atoms with E-state index in [4.69, 9.17) is 10.2 Å². The summed E-state index contributed by atoms with van der Waals surface area (Å²) in [4.78, 5) is 37.5. The summed E-state index contributed by atoms with van der Waals surface area (Å²) in [5, 5.41) is 11.2. The number of aliphatic carboxylic acids is 1. The molecular formula is C24H19NO5. The van der Waals surface area contributed by atoms with Crippen LogP contribution in [-0.4, -0.2) is 28.2 Å². The fourth-order valence-corrected chi connectivity index (χ4v) is 3.49. The molecule has 150 valence electrons. The molecule has 0 fully saturated rings. The Morgan fingerprint density at radius 3 is 2.27 bits per heavy atom. The molecule has 1 aromatic heterocycles. The second-order valence-electron chi connectivity index (χ2n) is 7.27. The number of para-hydroxylation sites is 1. The summed E-state index contributed by atoms with van der Waals surface area (Å²) in [5.41, 5.74) is 5.88. The average Bonchev–Trinajstić information content (AvgIpc) is 3.12. The molecule has 1 heterocycles. The Kier molecular flexibility index (Phi) is 4.93. The maximum atomic E-state index is 12.9. The van der Waals surface area contributed by atoms with Gasteiger partial charge in [0, 0.05) is 29.2 Å². The van der Waals surface area contributed by atoms with E-state index in [0.717, 1.165) is 10.8 Å². The lowest BCUT2D eigenvalue weighted by molar-refractivity contribution is -0.148. The first-order chi connectivity index (χ1) is 14.4. The highest BCUT2D eigenvalue weighted by Crippen LogP contribution is 2.30. The Hall–Kier alpha value is -3.77. The lowest BCUT2D eigenvalue weighted by Crippen LogP contribution is -2.56. The van der Waals surface area contributed by atoms with Crippen molar-refractivity contribution < 1.29 is 23.9 Å². The van der Waals surface area contributed by atoms with Crippen molar-refractivity contribution >= 4 is 39.5 Å². The summed E-state index contributed by atoms with van der Waals surface area (Å²) >= 11 is 0. The van der Waals surface area contributed by atoms with Crippen molar-refractivity contribution in [3.63, 3.8) is 0 Å². The number of carbonyl (C=O) groups is 3. The van der Waals surface area contributed by atoms with Crippen molar-refractivity contribution in [3.8, 4) is 0 Å². The number of benzene rings is 3. The van der Waals surface area contributed by atoms with Crippen LogP contribution in [0.25, 0.3) is 21.9 Å². The lowest BCUT2D eigenvalue weighted by atomic mass is 9.84. The smallest absolute Gasteiger partial charge is 0.331 e. The van der Waals surface area contributed by atoms with Gasteiger partial charge in [0.2, 0.25) is 0 Å². The zero-order valence-electron chi connectivity index (χ0n) is 16.0. The van der Waals surface area contributed by atoms with Crippen molar-refractivity contribution in [1.29, 1.82) is 0 Å². The van der Waals surface area contributed by atoms with Crippen molar-refractivity contribution in [3.05, 3.63) is 83.9 Å². The molecule has 1 atom stereocenters. The molecule has 0 amide bonds. The monoisotopic (exact) mass is 401 g/mol. The van der Waals surface area contributed by atoms with Crippen LogP contribution in [0.3, 0.4) is 0 Å². The summed E-state index contributed by atoms with van der Waals surface area (Å²) in [7, 11) is 0. The van der Waals surface area contributed by atoms with E-state index in [0.29, 0.717) is 16.7 Å². The van der Waals surface area contributed by atoms with E-state index in [-0.39, 0.29) is 12.0 Å². The van der Waals surface area contributed by atoms with Gasteiger partial charge in [-0.15, -0.1) is 0 Å². The molecule has 0 saturated heterocycles. The first-order valence-electron chi connectivity index (χ1n) is 9.42. The molecule has 0 spiro atoms. The third-order valence-corrected chi connectivity index (χ3v) is 5.22. The number of rotatable bonds is 7. The van der Waals surface area contributed by atoms with Gasteiger partial charge in [-0.2, -0.15) is 0 Å². The highest BCUT2D eigenvalue weighted by molar-refractivity contribution is 6.14. The Labute approximate surface area is 171 Å². The van der Waals surface area contributed by atoms with E-state index in [1.54, 1.807) is 48.5 Å². The summed E-state index contributed by atoms with van der Waals surface area (Å²) in [6.07, 6.45) is -0.794. The standard InChI is InChI=1S/C24H19NO5/c25-24(23(28)29,22(27)12-15-6-2-1-3-7-15)14-19(26)16-10-11-21-18(13-16)17-8-4-5-9-20(17)30-21/h1-11,13H,12,14,25H2,(H,28,29)/t24-/m0/s1. The number of nitrogens with two attached hydrogens (primary N) is 1. The van der Waals surface area contributed by atoms with Crippen LogP contribution in [0.15, 0.2) is 77.2 Å². The Morgan fingerprint density at radius 2 is 1.53 bits per heavy atom. The summed E-state index contributed by atoms with van der Waals surface area (Å²) in [6, 6.07) is 21.0. The van der Waals surface area contributed by atoms with Crippen LogP contribution in [-0.2, 0) is 16.0 Å². The maximum Gasteiger partial charge on any atom is 0.331 e. The fourth-order valence-electron chi connectivity index (χ4n) is 3.49. The lowest BCUT2D eigenvalue weighted by Gasteiger charge is -2.22. The predicted octanol–water partition coefficient (Wildman–Crippen LogP) is 3.75. The van der Waals surface area contributed by atoms with Gasteiger partial charge in [0.25, 0.3) is 0 Å². The van der Waals surface area contributed by atoms with Crippen LogP contribution in [0.4, 0.5) is 0 Å². The van der Waals surface area contributed by atoms with E-state index in [2.05, 4.69) is 0 Å². The van der Waals surface area contributed by atoms with Crippen LogP contribution in [0.1, 0.15) is 22.3 Å². The van der Waals surface area contributed by atoms with Crippen molar-refractivity contribution in [2.24, 2.45) is 5.73 Å². The van der Waals surface area contributed by atoms with E-state index in [1.807, 2.05) is 24.3 Å². The van der Waals surface area contributed by atoms with Gasteiger partial charge in [-0.05, 0) is 29.8 Å². The fraction of sp³-hybridized carbons (Fsp3) is 0.125. The number of furan rings is 1. The number of ketones is 2. The minimum Gasteiger partial charge on any atom is -0.480 e. The number of fused-ring (bicyclic) bond motifs is 3. The summed E-state index contributed by atoms with van der Waals surface area (Å²) in [5.74, 6) is -2.76.